The summed E-state index contributed by atoms with van der Waals surface area (Å²) in [6.07, 6.45) is 5.58. The van der Waals surface area contributed by atoms with E-state index in [1.165, 1.54) is 0 Å². The third kappa shape index (κ3) is 3.51. The highest BCUT2D eigenvalue weighted by Gasteiger charge is 2.31. The molecule has 0 unspecified atom stereocenters. The number of hydrogen-bond acceptors (Lipinski definition) is 6. The summed E-state index contributed by atoms with van der Waals surface area (Å²) in [5.41, 5.74) is 1.92. The van der Waals surface area contributed by atoms with Crippen molar-refractivity contribution in [1.82, 2.24) is 14.4 Å². The van der Waals surface area contributed by atoms with Crippen LogP contribution in [0, 0.1) is 0 Å². The molecule has 3 heterocycles. The Morgan fingerprint density at radius 1 is 1.25 bits per heavy atom. The number of sulfone groups is 1. The highest BCUT2D eigenvalue weighted by atomic mass is 32.2. The normalized spacial score (nSPS) is 17.1. The maximum Gasteiger partial charge on any atom is 0.269 e. The Hall–Kier alpha value is -2.75. The number of carbonyl (C=O) groups is 1. The van der Waals surface area contributed by atoms with Crippen molar-refractivity contribution >= 4 is 21.4 Å². The molecular weight excluding hydrogens is 380 g/mol. The number of pyridine rings is 1. The Labute approximate surface area is 162 Å². The van der Waals surface area contributed by atoms with Gasteiger partial charge in [-0.2, -0.15) is 0 Å². The molecule has 1 aliphatic rings. The Morgan fingerprint density at radius 2 is 2.04 bits per heavy atom. The van der Waals surface area contributed by atoms with Gasteiger partial charge in [0, 0.05) is 25.2 Å². The minimum absolute atomic E-state index is 0.160. The molecule has 3 aromatic rings. The molecule has 9 heteroatoms. The lowest BCUT2D eigenvalue weighted by atomic mass is 10.2. The number of imidazole rings is 1. The molecule has 8 nitrogen and oxygen atoms in total. The Morgan fingerprint density at radius 3 is 2.75 bits per heavy atom. The van der Waals surface area contributed by atoms with Crippen LogP contribution < -0.4 is 5.84 Å². The number of amides is 1. The standard InChI is InChI=1S/C19H20N4O4S/c20-23(19(24)15-3-6-18-21-8-9-22(18)12-15)11-14-1-4-16(5-2-14)28(25,26)17-7-10-27-13-17/h1-6,8-9,12,17H,7,10-11,13,20H2/t17-/m1/s1. The van der Waals surface area contributed by atoms with Crippen molar-refractivity contribution in [1.29, 1.82) is 0 Å². The van der Waals surface area contributed by atoms with E-state index >= 15 is 0 Å². The topological polar surface area (TPSA) is 107 Å². The summed E-state index contributed by atoms with van der Waals surface area (Å²) < 4.78 is 32.1. The first-order chi connectivity index (χ1) is 13.4. The van der Waals surface area contributed by atoms with E-state index in [0.29, 0.717) is 18.6 Å². The van der Waals surface area contributed by atoms with Gasteiger partial charge in [0.2, 0.25) is 0 Å². The molecule has 2 aromatic heterocycles. The van der Waals surface area contributed by atoms with Gasteiger partial charge in [-0.15, -0.1) is 0 Å². The predicted octanol–water partition coefficient (Wildman–Crippen LogP) is 1.41. The average molecular weight is 400 g/mol. The highest BCUT2D eigenvalue weighted by molar-refractivity contribution is 7.92. The van der Waals surface area contributed by atoms with Crippen LogP contribution in [0.25, 0.3) is 5.65 Å². The van der Waals surface area contributed by atoms with Crippen molar-refractivity contribution in [3.8, 4) is 0 Å². The van der Waals surface area contributed by atoms with E-state index in [9.17, 15) is 13.2 Å². The fraction of sp³-hybridized carbons (Fsp3) is 0.263. The molecular formula is C19H20N4O4S. The van der Waals surface area contributed by atoms with Crippen LogP contribution in [0.5, 0.6) is 0 Å². The molecule has 1 aliphatic heterocycles. The SMILES string of the molecule is NN(Cc1ccc(S(=O)(=O)[C@@H]2CCOC2)cc1)C(=O)c1ccc2nccn2c1. The molecule has 1 fully saturated rings. The molecule has 0 saturated carbocycles. The molecule has 1 atom stereocenters. The van der Waals surface area contributed by atoms with Gasteiger partial charge >= 0.3 is 0 Å². The van der Waals surface area contributed by atoms with Gasteiger partial charge in [-0.3, -0.25) is 9.80 Å². The lowest BCUT2D eigenvalue weighted by Gasteiger charge is -2.17. The van der Waals surface area contributed by atoms with Crippen molar-refractivity contribution in [2.24, 2.45) is 5.84 Å². The zero-order valence-corrected chi connectivity index (χ0v) is 15.9. The summed E-state index contributed by atoms with van der Waals surface area (Å²) in [6, 6.07) is 9.87. The minimum Gasteiger partial charge on any atom is -0.380 e. The van der Waals surface area contributed by atoms with Gasteiger partial charge in [0.1, 0.15) is 5.65 Å². The molecule has 2 N–H and O–H groups in total. The highest BCUT2D eigenvalue weighted by Crippen LogP contribution is 2.23. The average Bonchev–Trinajstić information content (AvgIpc) is 3.39. The van der Waals surface area contributed by atoms with Crippen LogP contribution in [0.1, 0.15) is 22.3 Å². The van der Waals surface area contributed by atoms with E-state index in [4.69, 9.17) is 10.6 Å². The third-order valence-electron chi connectivity index (χ3n) is 4.83. The number of aromatic nitrogens is 2. The maximum absolute atomic E-state index is 12.6. The molecule has 0 bridgehead atoms. The first-order valence-electron chi connectivity index (χ1n) is 8.85. The van der Waals surface area contributed by atoms with Gasteiger partial charge in [-0.1, -0.05) is 12.1 Å². The van der Waals surface area contributed by atoms with Gasteiger partial charge in [0.15, 0.2) is 9.84 Å². The molecule has 0 spiro atoms. The monoisotopic (exact) mass is 400 g/mol. The second-order valence-electron chi connectivity index (χ2n) is 6.72. The number of fused-ring (bicyclic) bond motifs is 1. The molecule has 1 amide bonds. The van der Waals surface area contributed by atoms with Crippen molar-refractivity contribution < 1.29 is 17.9 Å². The number of carbonyl (C=O) groups excluding carboxylic acids is 1. The van der Waals surface area contributed by atoms with Gasteiger partial charge in [0.25, 0.3) is 5.91 Å². The quantitative estimate of drug-likeness (QED) is 0.394. The van der Waals surface area contributed by atoms with Gasteiger partial charge in [-0.05, 0) is 36.2 Å². The van der Waals surface area contributed by atoms with Crippen molar-refractivity contribution in [2.75, 3.05) is 13.2 Å². The van der Waals surface area contributed by atoms with Crippen LogP contribution in [-0.2, 0) is 21.1 Å². The Kier molecular flexibility index (Phi) is 4.88. The Balaban J connectivity index is 1.46. The summed E-state index contributed by atoms with van der Waals surface area (Å²) in [5, 5.41) is 0.607. The summed E-state index contributed by atoms with van der Waals surface area (Å²) in [5.74, 6) is 5.61. The molecule has 146 valence electrons. The number of ether oxygens (including phenoxy) is 1. The summed E-state index contributed by atoms with van der Waals surface area (Å²) in [6.45, 7) is 0.862. The third-order valence-corrected chi connectivity index (χ3v) is 7.01. The van der Waals surface area contributed by atoms with E-state index in [-0.39, 0.29) is 24.0 Å². The zero-order chi connectivity index (χ0) is 19.7. The zero-order valence-electron chi connectivity index (χ0n) is 15.1. The second-order valence-corrected chi connectivity index (χ2v) is 8.95. The van der Waals surface area contributed by atoms with E-state index in [2.05, 4.69) is 4.98 Å². The van der Waals surface area contributed by atoms with E-state index in [1.807, 2.05) is 0 Å². The number of hydrogen-bond donors (Lipinski definition) is 1. The van der Waals surface area contributed by atoms with Crippen LogP contribution in [-0.4, -0.2) is 47.2 Å². The van der Waals surface area contributed by atoms with Gasteiger partial charge in [0.05, 0.1) is 28.9 Å². The molecule has 4 rings (SSSR count). The van der Waals surface area contributed by atoms with Crippen molar-refractivity contribution in [3.63, 3.8) is 0 Å². The van der Waals surface area contributed by atoms with E-state index < -0.39 is 15.1 Å². The van der Waals surface area contributed by atoms with Crippen LogP contribution in [0.4, 0.5) is 0 Å². The first-order valence-corrected chi connectivity index (χ1v) is 10.4. The smallest absolute Gasteiger partial charge is 0.269 e. The van der Waals surface area contributed by atoms with Crippen LogP contribution in [0.2, 0.25) is 0 Å². The fourth-order valence-electron chi connectivity index (χ4n) is 3.22. The number of hydrazine groups is 1. The molecule has 28 heavy (non-hydrogen) atoms. The lowest BCUT2D eigenvalue weighted by Crippen LogP contribution is -2.36. The van der Waals surface area contributed by atoms with E-state index in [1.54, 1.807) is 59.4 Å². The number of benzene rings is 1. The Bertz CT molecular complexity index is 1100. The second kappa shape index (κ2) is 7.34. The minimum atomic E-state index is -3.40. The van der Waals surface area contributed by atoms with Gasteiger partial charge in [-0.25, -0.2) is 19.2 Å². The van der Waals surface area contributed by atoms with Gasteiger partial charge < -0.3 is 9.14 Å². The van der Waals surface area contributed by atoms with E-state index in [0.717, 1.165) is 16.2 Å². The molecule has 1 aromatic carbocycles. The molecule has 1 saturated heterocycles. The lowest BCUT2D eigenvalue weighted by molar-refractivity contribution is 0.0742. The number of nitrogens with two attached hydrogens (primary N) is 1. The van der Waals surface area contributed by atoms with Crippen LogP contribution in [0.3, 0.4) is 0 Å². The molecule has 0 aliphatic carbocycles. The number of nitrogens with zero attached hydrogens (tertiary/aromatic N) is 3. The van der Waals surface area contributed by atoms with Crippen LogP contribution >= 0.6 is 0 Å². The summed E-state index contributed by atoms with van der Waals surface area (Å²) in [7, 11) is -3.40. The maximum atomic E-state index is 12.6. The molecule has 0 radical (unpaired) electrons. The first kappa shape index (κ1) is 18.6. The fourth-order valence-corrected chi connectivity index (χ4v) is 4.80. The summed E-state index contributed by atoms with van der Waals surface area (Å²) in [4.78, 5) is 17.0. The van der Waals surface area contributed by atoms with Crippen molar-refractivity contribution in [2.45, 2.75) is 23.1 Å². The largest absolute Gasteiger partial charge is 0.380 e. The van der Waals surface area contributed by atoms with Crippen molar-refractivity contribution in [3.05, 3.63) is 66.1 Å². The number of rotatable bonds is 5. The van der Waals surface area contributed by atoms with Crippen LogP contribution in [0.15, 0.2) is 59.9 Å². The predicted molar refractivity (Wildman–Crippen MR) is 102 cm³/mol. The summed E-state index contributed by atoms with van der Waals surface area (Å²) >= 11 is 0.